The van der Waals surface area contributed by atoms with E-state index in [1.807, 2.05) is 53.4 Å². The first-order chi connectivity index (χ1) is 14.7. The highest BCUT2D eigenvalue weighted by molar-refractivity contribution is 6.31. The number of fused-ring (bicyclic) bond motifs is 1. The molecule has 1 fully saturated rings. The minimum atomic E-state index is 0. The number of amides is 1. The van der Waals surface area contributed by atoms with Gasteiger partial charge in [-0.15, -0.1) is 12.4 Å². The average molecular weight is 457 g/mol. The lowest BCUT2D eigenvalue weighted by Crippen LogP contribution is -2.40. The second kappa shape index (κ2) is 9.47. The van der Waals surface area contributed by atoms with Crippen LogP contribution in [0.4, 0.5) is 0 Å². The van der Waals surface area contributed by atoms with Crippen molar-refractivity contribution in [3.8, 4) is 0 Å². The first-order valence-corrected chi connectivity index (χ1v) is 11.0. The molecule has 0 spiro atoms. The second-order valence-electron chi connectivity index (χ2n) is 8.26. The summed E-state index contributed by atoms with van der Waals surface area (Å²) in [6.45, 7) is 3.48. The number of hydrogen-bond donors (Lipinski definition) is 0. The van der Waals surface area contributed by atoms with Crippen LogP contribution in [0.3, 0.4) is 0 Å². The van der Waals surface area contributed by atoms with Gasteiger partial charge in [-0.1, -0.05) is 48.0 Å². The zero-order valence-electron chi connectivity index (χ0n) is 17.2. The van der Waals surface area contributed by atoms with Gasteiger partial charge >= 0.3 is 0 Å². The first kappa shape index (κ1) is 21.9. The van der Waals surface area contributed by atoms with Crippen LogP contribution >= 0.6 is 24.0 Å². The maximum atomic E-state index is 12.7. The van der Waals surface area contributed by atoms with Gasteiger partial charge in [0.2, 0.25) is 0 Å². The Morgan fingerprint density at radius 3 is 2.45 bits per heavy atom. The summed E-state index contributed by atoms with van der Waals surface area (Å²) in [5.41, 5.74) is 3.10. The molecule has 0 aliphatic carbocycles. The molecule has 2 aromatic carbocycles. The lowest BCUT2D eigenvalue weighted by atomic mass is 9.93. The molecule has 0 saturated carbocycles. The first-order valence-electron chi connectivity index (χ1n) is 10.6. The number of carbonyl (C=O) groups excluding carboxylic acids is 1. The molecule has 31 heavy (non-hydrogen) atoms. The van der Waals surface area contributed by atoms with E-state index in [1.54, 1.807) is 6.26 Å². The van der Waals surface area contributed by atoms with Crippen molar-refractivity contribution in [1.29, 1.82) is 0 Å². The molecule has 1 atom stereocenters. The molecule has 3 aromatic rings. The van der Waals surface area contributed by atoms with E-state index in [-0.39, 0.29) is 24.4 Å². The summed E-state index contributed by atoms with van der Waals surface area (Å²) in [6, 6.07) is 20.0. The Morgan fingerprint density at radius 1 is 1.00 bits per heavy atom. The van der Waals surface area contributed by atoms with Crippen molar-refractivity contribution in [1.82, 2.24) is 9.80 Å². The standard InChI is InChI=1S/C25H25ClN2O2.ClH/c26-22-9-4-3-8-21(22)24(23-10-5-15-30-23)27-13-11-18(12-14-27)16-28-17-19-6-1-2-7-20(19)25(28)29;/h1-10,15,18,24H,11-14,16-17H2;1H. The third-order valence-corrected chi connectivity index (χ3v) is 6.75. The van der Waals surface area contributed by atoms with Gasteiger partial charge in [-0.2, -0.15) is 0 Å². The number of likely N-dealkylation sites (tertiary alicyclic amines) is 1. The Bertz CT molecular complexity index is 1030. The van der Waals surface area contributed by atoms with Crippen LogP contribution in [0.5, 0.6) is 0 Å². The Kier molecular flexibility index (Phi) is 6.71. The Labute approximate surface area is 194 Å². The molecule has 1 amide bonds. The van der Waals surface area contributed by atoms with Crippen LogP contribution in [0.2, 0.25) is 5.02 Å². The zero-order valence-corrected chi connectivity index (χ0v) is 18.8. The molecule has 0 radical (unpaired) electrons. The van der Waals surface area contributed by atoms with Gasteiger partial charge in [0.25, 0.3) is 5.91 Å². The van der Waals surface area contributed by atoms with Gasteiger partial charge in [0.05, 0.1) is 12.3 Å². The van der Waals surface area contributed by atoms with Crippen molar-refractivity contribution >= 4 is 29.9 Å². The number of carbonyl (C=O) groups is 1. The molecule has 5 rings (SSSR count). The quantitative estimate of drug-likeness (QED) is 0.485. The van der Waals surface area contributed by atoms with Crippen molar-refractivity contribution in [2.45, 2.75) is 25.4 Å². The monoisotopic (exact) mass is 456 g/mol. The van der Waals surface area contributed by atoms with Crippen LogP contribution in [-0.4, -0.2) is 35.3 Å². The van der Waals surface area contributed by atoms with Crippen LogP contribution in [0.1, 0.15) is 46.1 Å². The zero-order chi connectivity index (χ0) is 20.5. The van der Waals surface area contributed by atoms with Gasteiger partial charge in [0.1, 0.15) is 5.76 Å². The van der Waals surface area contributed by atoms with E-state index in [2.05, 4.69) is 17.0 Å². The molecular weight excluding hydrogens is 431 g/mol. The highest BCUT2D eigenvalue weighted by atomic mass is 35.5. The molecule has 2 aliphatic rings. The molecule has 6 heteroatoms. The van der Waals surface area contributed by atoms with Crippen molar-refractivity contribution in [2.75, 3.05) is 19.6 Å². The molecule has 0 bridgehead atoms. The van der Waals surface area contributed by atoms with E-state index >= 15 is 0 Å². The largest absolute Gasteiger partial charge is 0.467 e. The molecule has 1 aromatic heterocycles. The number of rotatable bonds is 5. The number of furan rings is 1. The van der Waals surface area contributed by atoms with Crippen LogP contribution < -0.4 is 0 Å². The summed E-state index contributed by atoms with van der Waals surface area (Å²) in [6.07, 6.45) is 3.84. The highest BCUT2D eigenvalue weighted by Crippen LogP contribution is 2.36. The maximum absolute atomic E-state index is 12.7. The summed E-state index contributed by atoms with van der Waals surface area (Å²) in [5.74, 6) is 1.62. The normalized spacial score (nSPS) is 18.0. The number of benzene rings is 2. The molecule has 2 aliphatic heterocycles. The minimum Gasteiger partial charge on any atom is -0.467 e. The van der Waals surface area contributed by atoms with Crippen LogP contribution in [0.15, 0.2) is 71.3 Å². The molecule has 4 nitrogen and oxygen atoms in total. The number of halogens is 2. The van der Waals surface area contributed by atoms with E-state index in [9.17, 15) is 4.79 Å². The third kappa shape index (κ3) is 4.38. The molecule has 1 unspecified atom stereocenters. The number of hydrogen-bond acceptors (Lipinski definition) is 3. The van der Waals surface area contributed by atoms with E-state index in [0.717, 1.165) is 66.5 Å². The molecule has 1 saturated heterocycles. The topological polar surface area (TPSA) is 36.7 Å². The van der Waals surface area contributed by atoms with Crippen molar-refractivity contribution in [2.24, 2.45) is 5.92 Å². The minimum absolute atomic E-state index is 0. The second-order valence-corrected chi connectivity index (χ2v) is 8.67. The Balaban J connectivity index is 0.00000231. The molecular formula is C25H26Cl2N2O2. The van der Waals surface area contributed by atoms with Crippen LogP contribution in [0.25, 0.3) is 0 Å². The summed E-state index contributed by atoms with van der Waals surface area (Å²) in [7, 11) is 0. The fourth-order valence-corrected chi connectivity index (χ4v) is 5.08. The van der Waals surface area contributed by atoms with Gasteiger partial charge in [-0.3, -0.25) is 9.69 Å². The fraction of sp³-hybridized carbons (Fsp3) is 0.320. The third-order valence-electron chi connectivity index (χ3n) is 6.40. The summed E-state index contributed by atoms with van der Waals surface area (Å²) >= 11 is 6.54. The Hall–Kier alpha value is -2.27. The van der Waals surface area contributed by atoms with E-state index in [4.69, 9.17) is 16.0 Å². The van der Waals surface area contributed by atoms with E-state index in [1.165, 1.54) is 0 Å². The van der Waals surface area contributed by atoms with Gasteiger partial charge < -0.3 is 9.32 Å². The predicted molar refractivity (Wildman–Crippen MR) is 125 cm³/mol. The average Bonchev–Trinajstić information content (AvgIpc) is 3.40. The van der Waals surface area contributed by atoms with Crippen LogP contribution in [0, 0.1) is 5.92 Å². The summed E-state index contributed by atoms with van der Waals surface area (Å²) in [4.78, 5) is 17.2. The number of piperidine rings is 1. The number of nitrogens with zero attached hydrogens (tertiary/aromatic N) is 2. The maximum Gasteiger partial charge on any atom is 0.254 e. The summed E-state index contributed by atoms with van der Waals surface area (Å²) in [5, 5.41) is 0.765. The van der Waals surface area contributed by atoms with Gasteiger partial charge in [-0.05, 0) is 67.2 Å². The van der Waals surface area contributed by atoms with Gasteiger partial charge in [-0.25, -0.2) is 0 Å². The van der Waals surface area contributed by atoms with Gasteiger partial charge in [0, 0.05) is 23.7 Å². The van der Waals surface area contributed by atoms with Crippen molar-refractivity contribution in [3.05, 3.63) is 94.4 Å². The van der Waals surface area contributed by atoms with E-state index < -0.39 is 0 Å². The summed E-state index contributed by atoms with van der Waals surface area (Å²) < 4.78 is 5.79. The predicted octanol–water partition coefficient (Wildman–Crippen LogP) is 5.81. The smallest absolute Gasteiger partial charge is 0.254 e. The van der Waals surface area contributed by atoms with Crippen molar-refractivity contribution in [3.63, 3.8) is 0 Å². The molecule has 0 N–H and O–H groups in total. The fourth-order valence-electron chi connectivity index (χ4n) is 4.84. The highest BCUT2D eigenvalue weighted by Gasteiger charge is 2.33. The molecule has 3 heterocycles. The molecule has 162 valence electrons. The SMILES string of the molecule is Cl.O=C1c2ccccc2CN1CC1CCN(C(c2ccco2)c2ccccc2Cl)CC1. The van der Waals surface area contributed by atoms with Gasteiger partial charge in [0.15, 0.2) is 0 Å². The van der Waals surface area contributed by atoms with E-state index in [0.29, 0.717) is 5.92 Å². The van der Waals surface area contributed by atoms with Crippen molar-refractivity contribution < 1.29 is 9.21 Å². The lowest BCUT2D eigenvalue weighted by molar-refractivity contribution is 0.0693. The van der Waals surface area contributed by atoms with Crippen LogP contribution in [-0.2, 0) is 6.54 Å². The Morgan fingerprint density at radius 2 is 1.74 bits per heavy atom. The lowest BCUT2D eigenvalue weighted by Gasteiger charge is -2.38.